The Morgan fingerprint density at radius 1 is 1.08 bits per heavy atom. The Hall–Kier alpha value is -2.16. The molecule has 0 N–H and O–H groups in total. The fraction of sp³-hybridized carbons (Fsp3) is 0.333. The van der Waals surface area contributed by atoms with E-state index in [2.05, 4.69) is 9.97 Å². The highest BCUT2D eigenvalue weighted by Gasteiger charge is 2.41. The molecule has 0 bridgehead atoms. The first-order valence-electron chi connectivity index (χ1n) is 7.22. The van der Waals surface area contributed by atoms with Gasteiger partial charge < -0.3 is 4.90 Å². The van der Waals surface area contributed by atoms with Gasteiger partial charge in [-0.25, -0.2) is 18.4 Å². The largest absolute Gasteiger partial charge is 0.417 e. The average molecular weight is 357 g/mol. The number of hydrogen-bond donors (Lipinski definition) is 0. The highest BCUT2D eigenvalue weighted by atomic mass is 32.2. The van der Waals surface area contributed by atoms with Crippen LogP contribution in [0.15, 0.2) is 47.6 Å². The van der Waals surface area contributed by atoms with E-state index in [1.807, 2.05) is 0 Å². The van der Waals surface area contributed by atoms with Crippen LogP contribution in [0, 0.1) is 0 Å². The molecule has 24 heavy (non-hydrogen) atoms. The van der Waals surface area contributed by atoms with Crippen molar-refractivity contribution in [2.45, 2.75) is 22.7 Å². The molecule has 1 saturated heterocycles. The molecule has 1 fully saturated rings. The average Bonchev–Trinajstić information content (AvgIpc) is 3.06. The zero-order valence-corrected chi connectivity index (χ0v) is 13.3. The summed E-state index contributed by atoms with van der Waals surface area (Å²) in [5.74, 6) is 0.374. The summed E-state index contributed by atoms with van der Waals surface area (Å²) in [6.45, 7) is 0.445. The first-order chi connectivity index (χ1) is 11.3. The lowest BCUT2D eigenvalue weighted by Crippen LogP contribution is -2.29. The van der Waals surface area contributed by atoms with E-state index in [0.717, 1.165) is 12.1 Å². The number of aromatic nitrogens is 2. The number of alkyl halides is 3. The molecular formula is C15H14F3N3O2S. The molecule has 128 valence electrons. The number of hydrogen-bond acceptors (Lipinski definition) is 5. The molecule has 9 heteroatoms. The molecular weight excluding hydrogens is 343 g/mol. The minimum Gasteiger partial charge on any atom is -0.339 e. The molecule has 0 aliphatic carbocycles. The fourth-order valence-corrected chi connectivity index (χ4v) is 4.66. The molecule has 0 unspecified atom stereocenters. The predicted molar refractivity (Wildman–Crippen MR) is 81.3 cm³/mol. The van der Waals surface area contributed by atoms with Gasteiger partial charge in [0.1, 0.15) is 0 Å². The minimum atomic E-state index is -4.72. The first-order valence-corrected chi connectivity index (χ1v) is 8.77. The molecule has 3 rings (SSSR count). The van der Waals surface area contributed by atoms with Crippen molar-refractivity contribution in [3.8, 4) is 0 Å². The van der Waals surface area contributed by atoms with Crippen molar-refractivity contribution in [1.29, 1.82) is 0 Å². The Kier molecular flexibility index (Phi) is 4.20. The third kappa shape index (κ3) is 3.08. The van der Waals surface area contributed by atoms with Gasteiger partial charge in [0.15, 0.2) is 9.84 Å². The van der Waals surface area contributed by atoms with Crippen LogP contribution in [0.3, 0.4) is 0 Å². The number of rotatable bonds is 3. The quantitative estimate of drug-likeness (QED) is 0.845. The maximum absolute atomic E-state index is 13.1. The summed E-state index contributed by atoms with van der Waals surface area (Å²) >= 11 is 0. The molecule has 0 radical (unpaired) electrons. The van der Waals surface area contributed by atoms with E-state index in [-0.39, 0.29) is 13.0 Å². The maximum Gasteiger partial charge on any atom is 0.417 e. The van der Waals surface area contributed by atoms with E-state index in [1.165, 1.54) is 24.5 Å². The van der Waals surface area contributed by atoms with Crippen molar-refractivity contribution in [1.82, 2.24) is 9.97 Å². The molecule has 0 saturated carbocycles. The standard InChI is InChI=1S/C15H14F3N3O2S/c16-15(17,18)12-4-1-2-5-13(12)24(22,23)11-6-9-21(10-11)14-19-7-3-8-20-14/h1-5,7-8,11H,6,9-10H2/t11-/m0/s1. The van der Waals surface area contributed by atoms with Crippen LogP contribution >= 0.6 is 0 Å². The van der Waals surface area contributed by atoms with Crippen LogP contribution in [0.2, 0.25) is 0 Å². The van der Waals surface area contributed by atoms with Gasteiger partial charge in [0.25, 0.3) is 0 Å². The second-order valence-corrected chi connectivity index (χ2v) is 7.64. The molecule has 1 atom stereocenters. The van der Waals surface area contributed by atoms with Gasteiger partial charge in [-0.05, 0) is 24.6 Å². The van der Waals surface area contributed by atoms with Gasteiger partial charge >= 0.3 is 6.18 Å². The summed E-state index contributed by atoms with van der Waals surface area (Å²) in [5, 5.41) is -0.926. The molecule has 5 nitrogen and oxygen atoms in total. The van der Waals surface area contributed by atoms with Crippen molar-refractivity contribution in [2.75, 3.05) is 18.0 Å². The van der Waals surface area contributed by atoms with E-state index >= 15 is 0 Å². The van der Waals surface area contributed by atoms with E-state index < -0.39 is 31.7 Å². The van der Waals surface area contributed by atoms with Gasteiger partial charge in [0.05, 0.1) is 15.7 Å². The van der Waals surface area contributed by atoms with Crippen molar-refractivity contribution in [2.24, 2.45) is 0 Å². The van der Waals surface area contributed by atoms with Gasteiger partial charge in [0, 0.05) is 25.5 Å². The lowest BCUT2D eigenvalue weighted by atomic mass is 10.2. The van der Waals surface area contributed by atoms with E-state index in [4.69, 9.17) is 0 Å². The Morgan fingerprint density at radius 3 is 2.42 bits per heavy atom. The number of anilines is 1. The van der Waals surface area contributed by atoms with Gasteiger partial charge in [-0.15, -0.1) is 0 Å². The van der Waals surface area contributed by atoms with E-state index in [9.17, 15) is 21.6 Å². The zero-order chi connectivity index (χ0) is 17.4. The first kappa shape index (κ1) is 16.7. The number of benzene rings is 1. The molecule has 1 aliphatic rings. The molecule has 0 amide bonds. The molecule has 2 heterocycles. The summed E-state index contributed by atoms with van der Waals surface area (Å²) in [4.78, 5) is 9.09. The fourth-order valence-electron chi connectivity index (χ4n) is 2.75. The summed E-state index contributed by atoms with van der Waals surface area (Å²) in [7, 11) is -4.11. The van der Waals surface area contributed by atoms with Crippen molar-refractivity contribution in [3.05, 3.63) is 48.3 Å². The van der Waals surface area contributed by atoms with Gasteiger partial charge in [0.2, 0.25) is 5.95 Å². The minimum absolute atomic E-state index is 0.0680. The van der Waals surface area contributed by atoms with Crippen molar-refractivity contribution in [3.63, 3.8) is 0 Å². The second-order valence-electron chi connectivity index (χ2n) is 5.44. The van der Waals surface area contributed by atoms with E-state index in [0.29, 0.717) is 12.5 Å². The van der Waals surface area contributed by atoms with Gasteiger partial charge in [-0.1, -0.05) is 12.1 Å². The smallest absolute Gasteiger partial charge is 0.339 e. The van der Waals surface area contributed by atoms with Crippen LogP contribution in [-0.4, -0.2) is 36.7 Å². The zero-order valence-electron chi connectivity index (χ0n) is 12.4. The van der Waals surface area contributed by atoms with Crippen LogP contribution in [-0.2, 0) is 16.0 Å². The van der Waals surface area contributed by atoms with Crippen molar-refractivity contribution >= 4 is 15.8 Å². The predicted octanol–water partition coefficient (Wildman–Crippen LogP) is 2.55. The van der Waals surface area contributed by atoms with Crippen LogP contribution in [0.5, 0.6) is 0 Å². The second kappa shape index (κ2) is 6.04. The Bertz CT molecular complexity index is 825. The van der Waals surface area contributed by atoms with Crippen LogP contribution in [0.25, 0.3) is 0 Å². The van der Waals surface area contributed by atoms with Crippen LogP contribution < -0.4 is 4.90 Å². The summed E-state index contributed by atoms with van der Waals surface area (Å²) in [6.07, 6.45) is -1.43. The Morgan fingerprint density at radius 2 is 1.75 bits per heavy atom. The van der Waals surface area contributed by atoms with Crippen LogP contribution in [0.4, 0.5) is 19.1 Å². The highest BCUT2D eigenvalue weighted by Crippen LogP contribution is 2.36. The molecule has 1 aromatic carbocycles. The number of halogens is 3. The van der Waals surface area contributed by atoms with Gasteiger partial charge in [-0.3, -0.25) is 0 Å². The Balaban J connectivity index is 1.91. The summed E-state index contributed by atoms with van der Waals surface area (Å²) in [5.41, 5.74) is -1.13. The molecule has 1 aliphatic heterocycles. The summed E-state index contributed by atoms with van der Waals surface area (Å²) in [6, 6.07) is 5.92. The van der Waals surface area contributed by atoms with E-state index in [1.54, 1.807) is 11.0 Å². The lowest BCUT2D eigenvalue weighted by Gasteiger charge is -2.18. The lowest BCUT2D eigenvalue weighted by molar-refractivity contribution is -0.139. The van der Waals surface area contributed by atoms with Crippen LogP contribution in [0.1, 0.15) is 12.0 Å². The normalized spacial score (nSPS) is 18.8. The topological polar surface area (TPSA) is 63.2 Å². The summed E-state index contributed by atoms with van der Waals surface area (Å²) < 4.78 is 64.8. The Labute approximate surface area is 137 Å². The van der Waals surface area contributed by atoms with Crippen molar-refractivity contribution < 1.29 is 21.6 Å². The van der Waals surface area contributed by atoms with Gasteiger partial charge in [-0.2, -0.15) is 13.2 Å². The third-order valence-electron chi connectivity index (χ3n) is 3.92. The number of nitrogens with zero attached hydrogens (tertiary/aromatic N) is 3. The molecule has 2 aromatic rings. The monoisotopic (exact) mass is 357 g/mol. The third-order valence-corrected chi connectivity index (χ3v) is 6.15. The SMILES string of the molecule is O=S(=O)(c1ccccc1C(F)(F)F)[C@H]1CCN(c2ncccn2)C1. The highest BCUT2D eigenvalue weighted by molar-refractivity contribution is 7.92. The maximum atomic E-state index is 13.1. The number of sulfone groups is 1. The molecule has 0 spiro atoms. The molecule has 1 aromatic heterocycles.